The van der Waals surface area contributed by atoms with Crippen LogP contribution in [0.1, 0.15) is 54.4 Å². The zero-order valence-electron chi connectivity index (χ0n) is 14.5. The van der Waals surface area contributed by atoms with Gasteiger partial charge in [-0.25, -0.2) is 13.1 Å². The number of hydrogen-bond donors (Lipinski definition) is 1. The molecule has 1 aliphatic rings. The van der Waals surface area contributed by atoms with Gasteiger partial charge in [0.05, 0.1) is 5.56 Å². The average molecular weight is 341 g/mol. The monoisotopic (exact) mass is 341 g/mol. The summed E-state index contributed by atoms with van der Waals surface area (Å²) in [6, 6.07) is 0. The molecular formula is C16H27N3O3S. The first-order valence-electron chi connectivity index (χ1n) is 8.26. The molecule has 1 aliphatic heterocycles. The van der Waals surface area contributed by atoms with Crippen LogP contribution < -0.4 is 4.72 Å². The smallest absolute Gasteiger partial charge is 0.257 e. The highest BCUT2D eigenvalue weighted by atomic mass is 32.2. The van der Waals surface area contributed by atoms with Crippen LogP contribution in [-0.4, -0.2) is 43.4 Å². The molecule has 0 aromatic carbocycles. The van der Waals surface area contributed by atoms with E-state index in [-0.39, 0.29) is 10.8 Å². The van der Waals surface area contributed by atoms with Gasteiger partial charge in [0.2, 0.25) is 10.0 Å². The Balaban J connectivity index is 2.53. The Labute approximate surface area is 138 Å². The fourth-order valence-corrected chi connectivity index (χ4v) is 4.75. The minimum atomic E-state index is -3.68. The Morgan fingerprint density at radius 2 is 1.65 bits per heavy atom. The predicted molar refractivity (Wildman–Crippen MR) is 90.1 cm³/mol. The van der Waals surface area contributed by atoms with Crippen molar-refractivity contribution in [3.63, 3.8) is 0 Å². The lowest BCUT2D eigenvalue weighted by Gasteiger charge is -2.21. The van der Waals surface area contributed by atoms with Crippen LogP contribution in [0.3, 0.4) is 0 Å². The van der Waals surface area contributed by atoms with E-state index < -0.39 is 10.0 Å². The molecule has 0 bridgehead atoms. The molecule has 6 nitrogen and oxygen atoms in total. The lowest BCUT2D eigenvalue weighted by molar-refractivity contribution is 0.0757. The van der Waals surface area contributed by atoms with E-state index in [9.17, 15) is 13.2 Å². The van der Waals surface area contributed by atoms with Gasteiger partial charge < -0.3 is 9.47 Å². The van der Waals surface area contributed by atoms with Crippen LogP contribution in [0.25, 0.3) is 0 Å². The van der Waals surface area contributed by atoms with Gasteiger partial charge in [-0.3, -0.25) is 4.79 Å². The summed E-state index contributed by atoms with van der Waals surface area (Å²) in [5, 5.41) is 0. The molecular weight excluding hydrogens is 314 g/mol. The lowest BCUT2D eigenvalue weighted by atomic mass is 10.2. The molecule has 0 unspecified atom stereocenters. The molecule has 2 rings (SSSR count). The Morgan fingerprint density at radius 1 is 1.09 bits per heavy atom. The number of hydrogen-bond acceptors (Lipinski definition) is 3. The lowest BCUT2D eigenvalue weighted by Crippen LogP contribution is -2.34. The Bertz CT molecular complexity index is 684. The van der Waals surface area contributed by atoms with E-state index in [1.807, 2.05) is 6.92 Å². The van der Waals surface area contributed by atoms with Gasteiger partial charge in [0.15, 0.2) is 0 Å². The molecule has 23 heavy (non-hydrogen) atoms. The summed E-state index contributed by atoms with van der Waals surface area (Å²) in [6.45, 7) is 6.99. The largest absolute Gasteiger partial charge is 0.350 e. The van der Waals surface area contributed by atoms with Crippen LogP contribution in [-0.2, 0) is 17.1 Å². The van der Waals surface area contributed by atoms with Gasteiger partial charge in [0, 0.05) is 38.1 Å². The molecule has 2 heterocycles. The zero-order chi connectivity index (χ0) is 17.2. The number of nitrogens with zero attached hydrogens (tertiary/aromatic N) is 2. The summed E-state index contributed by atoms with van der Waals surface area (Å²) in [5.74, 6) is -0.162. The van der Waals surface area contributed by atoms with Crippen LogP contribution in [0.15, 0.2) is 4.90 Å². The molecule has 0 spiro atoms. The van der Waals surface area contributed by atoms with Crippen molar-refractivity contribution in [2.45, 2.75) is 51.3 Å². The number of aromatic nitrogens is 1. The van der Waals surface area contributed by atoms with E-state index in [0.717, 1.165) is 25.7 Å². The quantitative estimate of drug-likeness (QED) is 0.910. The highest BCUT2D eigenvalue weighted by molar-refractivity contribution is 7.89. The number of carbonyl (C=O) groups excluding carboxylic acids is 1. The first-order chi connectivity index (χ1) is 10.8. The van der Waals surface area contributed by atoms with E-state index in [2.05, 4.69) is 4.72 Å². The molecule has 0 saturated carbocycles. The van der Waals surface area contributed by atoms with E-state index in [4.69, 9.17) is 0 Å². The maximum absolute atomic E-state index is 13.0. The third-order valence-corrected chi connectivity index (χ3v) is 6.34. The fourth-order valence-electron chi connectivity index (χ4n) is 3.19. The zero-order valence-corrected chi connectivity index (χ0v) is 15.3. The second-order valence-corrected chi connectivity index (χ2v) is 7.85. The van der Waals surface area contributed by atoms with Crippen LogP contribution in [0.2, 0.25) is 0 Å². The van der Waals surface area contributed by atoms with Crippen molar-refractivity contribution in [2.24, 2.45) is 7.05 Å². The number of likely N-dealkylation sites (tertiary alicyclic amines) is 1. The first kappa shape index (κ1) is 18.0. The van der Waals surface area contributed by atoms with E-state index in [1.165, 1.54) is 0 Å². The second-order valence-electron chi connectivity index (χ2n) is 6.14. The van der Waals surface area contributed by atoms with Crippen LogP contribution in [0, 0.1) is 13.8 Å². The topological polar surface area (TPSA) is 71.4 Å². The van der Waals surface area contributed by atoms with Gasteiger partial charge in [-0.1, -0.05) is 19.8 Å². The molecule has 1 saturated heterocycles. The van der Waals surface area contributed by atoms with Crippen LogP contribution in [0.5, 0.6) is 0 Å². The highest BCUT2D eigenvalue weighted by Crippen LogP contribution is 2.28. The van der Waals surface area contributed by atoms with E-state index in [0.29, 0.717) is 36.6 Å². The summed E-state index contributed by atoms with van der Waals surface area (Å²) in [7, 11) is -1.88. The van der Waals surface area contributed by atoms with Crippen molar-refractivity contribution in [3.8, 4) is 0 Å². The molecule has 1 fully saturated rings. The molecule has 0 atom stereocenters. The molecule has 0 radical (unpaired) electrons. The third-order valence-electron chi connectivity index (χ3n) is 4.63. The number of sulfonamides is 1. The van der Waals surface area contributed by atoms with Crippen molar-refractivity contribution >= 4 is 15.9 Å². The highest BCUT2D eigenvalue weighted by Gasteiger charge is 2.32. The number of nitrogens with one attached hydrogen (secondary N) is 1. The second kappa shape index (κ2) is 7.05. The van der Waals surface area contributed by atoms with Crippen molar-refractivity contribution < 1.29 is 13.2 Å². The fraction of sp³-hybridized carbons (Fsp3) is 0.688. The van der Waals surface area contributed by atoms with Crippen molar-refractivity contribution in [1.82, 2.24) is 14.2 Å². The maximum atomic E-state index is 13.0. The van der Waals surface area contributed by atoms with E-state index >= 15 is 0 Å². The SMILES string of the molecule is CCNS(=O)(=O)c1c(C(=O)N2CCCCCC2)c(C)n(C)c1C. The van der Waals surface area contributed by atoms with Gasteiger partial charge in [-0.15, -0.1) is 0 Å². The van der Waals surface area contributed by atoms with Crippen molar-refractivity contribution in [1.29, 1.82) is 0 Å². The van der Waals surface area contributed by atoms with Crippen LogP contribution in [0.4, 0.5) is 0 Å². The summed E-state index contributed by atoms with van der Waals surface area (Å²) >= 11 is 0. The Morgan fingerprint density at radius 3 is 2.17 bits per heavy atom. The molecule has 0 aliphatic carbocycles. The number of amides is 1. The average Bonchev–Trinajstić information content (AvgIpc) is 2.70. The summed E-state index contributed by atoms with van der Waals surface area (Å²) in [5.41, 5.74) is 1.63. The Hall–Kier alpha value is -1.34. The Kier molecular flexibility index (Phi) is 5.52. The van der Waals surface area contributed by atoms with Gasteiger partial charge in [0.25, 0.3) is 5.91 Å². The van der Waals surface area contributed by atoms with Crippen molar-refractivity contribution in [3.05, 3.63) is 17.0 Å². The van der Waals surface area contributed by atoms with Gasteiger partial charge >= 0.3 is 0 Å². The number of rotatable bonds is 4. The molecule has 1 aromatic rings. The molecule has 130 valence electrons. The standard InChI is InChI=1S/C16H27N3O3S/c1-5-17-23(21,22)15-13(3)18(4)12(2)14(15)16(20)19-10-8-6-7-9-11-19/h17H,5-11H2,1-4H3. The van der Waals surface area contributed by atoms with Crippen molar-refractivity contribution in [2.75, 3.05) is 19.6 Å². The van der Waals surface area contributed by atoms with Crippen LogP contribution >= 0.6 is 0 Å². The third kappa shape index (κ3) is 3.45. The van der Waals surface area contributed by atoms with E-state index in [1.54, 1.807) is 30.4 Å². The number of carbonyl (C=O) groups is 1. The summed E-state index contributed by atoms with van der Waals surface area (Å²) in [6.07, 6.45) is 4.20. The molecule has 1 N–H and O–H groups in total. The predicted octanol–water partition coefficient (Wildman–Crippen LogP) is 1.96. The maximum Gasteiger partial charge on any atom is 0.257 e. The van der Waals surface area contributed by atoms with Gasteiger partial charge in [0.1, 0.15) is 4.90 Å². The minimum absolute atomic E-state index is 0.133. The molecule has 7 heteroatoms. The minimum Gasteiger partial charge on any atom is -0.350 e. The van der Waals surface area contributed by atoms with Gasteiger partial charge in [-0.05, 0) is 26.7 Å². The first-order valence-corrected chi connectivity index (χ1v) is 9.74. The van der Waals surface area contributed by atoms with Gasteiger partial charge in [-0.2, -0.15) is 0 Å². The molecule has 1 amide bonds. The summed E-state index contributed by atoms with van der Waals surface area (Å²) < 4.78 is 29.5. The summed E-state index contributed by atoms with van der Waals surface area (Å²) in [4.78, 5) is 15.0. The normalized spacial score (nSPS) is 16.4. The molecule has 1 aromatic heterocycles.